The number of Topliss-reactive ketones (excluding diaryl/α,β-unsaturated/α-hetero) is 1. The number of esters is 1. The van der Waals surface area contributed by atoms with Gasteiger partial charge in [0.05, 0.1) is 18.4 Å². The summed E-state index contributed by atoms with van der Waals surface area (Å²) in [7, 11) is 0. The van der Waals surface area contributed by atoms with Crippen LogP contribution in [0.1, 0.15) is 45.6 Å². The smallest absolute Gasteiger partial charge is 0.421 e. The van der Waals surface area contributed by atoms with Crippen molar-refractivity contribution >= 4 is 11.8 Å². The first-order valence-corrected chi connectivity index (χ1v) is 6.09. The van der Waals surface area contributed by atoms with Crippen LogP contribution in [0.5, 0.6) is 0 Å². The predicted octanol–water partition coefficient (Wildman–Crippen LogP) is 3.05. The van der Waals surface area contributed by atoms with Gasteiger partial charge in [0.2, 0.25) is 5.76 Å². The van der Waals surface area contributed by atoms with Crippen LogP contribution in [0.4, 0.5) is 13.2 Å². The predicted molar refractivity (Wildman–Crippen MR) is 63.0 cm³/mol. The zero-order chi connectivity index (χ0) is 15.8. The number of ether oxygens (including phenoxy) is 1. The first-order chi connectivity index (χ1) is 9.81. The Hall–Kier alpha value is -2.25. The lowest BCUT2D eigenvalue weighted by Gasteiger charge is -2.14. The number of alkyl halides is 3. The minimum Gasteiger partial charge on any atom is -0.515 e. The molecule has 0 saturated heterocycles. The molecule has 5 nitrogen and oxygen atoms in total. The zero-order valence-corrected chi connectivity index (χ0v) is 10.9. The number of aliphatic hydroxyl groups excluding tert-OH is 1. The summed E-state index contributed by atoms with van der Waals surface area (Å²) in [5.74, 6) is -3.52. The van der Waals surface area contributed by atoms with Crippen LogP contribution in [-0.4, -0.2) is 23.5 Å². The number of ketones is 1. The number of carbonyl (C=O) groups is 2. The number of rotatable bonds is 2. The number of aliphatic hydroxyl groups is 1. The molecule has 2 rings (SSSR count). The van der Waals surface area contributed by atoms with Crippen LogP contribution >= 0.6 is 0 Å². The molecule has 114 valence electrons. The molecule has 8 heteroatoms. The molecule has 1 N–H and O–H groups in total. The first-order valence-electron chi connectivity index (χ1n) is 6.09. The van der Waals surface area contributed by atoms with Crippen LogP contribution < -0.4 is 0 Å². The molecule has 0 atom stereocenters. The molecule has 1 aromatic heterocycles. The number of hydrogen-bond acceptors (Lipinski definition) is 5. The topological polar surface area (TPSA) is 76.7 Å². The lowest BCUT2D eigenvalue weighted by Crippen LogP contribution is -2.20. The number of furan rings is 1. The number of fused-ring (bicyclic) bond motifs is 1. The molecule has 0 saturated carbocycles. The summed E-state index contributed by atoms with van der Waals surface area (Å²) in [6.07, 6.45) is -4.46. The molecule has 0 spiro atoms. The minimum atomic E-state index is -4.95. The maximum Gasteiger partial charge on any atom is 0.421 e. The van der Waals surface area contributed by atoms with Gasteiger partial charge in [-0.05, 0) is 13.3 Å². The Labute approximate surface area is 117 Å². The normalized spacial score (nSPS) is 17.0. The summed E-state index contributed by atoms with van der Waals surface area (Å²) in [6.45, 7) is 1.31. The van der Waals surface area contributed by atoms with Gasteiger partial charge in [-0.3, -0.25) is 4.79 Å². The third-order valence-corrected chi connectivity index (χ3v) is 3.02. The van der Waals surface area contributed by atoms with Gasteiger partial charge in [-0.25, -0.2) is 4.79 Å². The summed E-state index contributed by atoms with van der Waals surface area (Å²) < 4.78 is 49.0. The number of carbonyl (C=O) groups excluding carboxylic acids is 2. The van der Waals surface area contributed by atoms with Crippen LogP contribution in [0.25, 0.3) is 0 Å². The van der Waals surface area contributed by atoms with E-state index in [-0.39, 0.29) is 30.8 Å². The molecule has 21 heavy (non-hydrogen) atoms. The second-order valence-electron chi connectivity index (χ2n) is 4.31. The highest BCUT2D eigenvalue weighted by Crippen LogP contribution is 2.41. The van der Waals surface area contributed by atoms with Gasteiger partial charge in [0.15, 0.2) is 5.78 Å². The fourth-order valence-corrected chi connectivity index (χ4v) is 2.15. The summed E-state index contributed by atoms with van der Waals surface area (Å²) in [6, 6.07) is 0. The largest absolute Gasteiger partial charge is 0.515 e. The lowest BCUT2D eigenvalue weighted by molar-refractivity contribution is -0.138. The number of halogens is 3. The van der Waals surface area contributed by atoms with Crippen LogP contribution in [0.2, 0.25) is 0 Å². The Morgan fingerprint density at radius 2 is 2.10 bits per heavy atom. The second kappa shape index (κ2) is 5.27. The Kier molecular flexibility index (Phi) is 3.80. The minimum absolute atomic E-state index is 0.0179. The van der Waals surface area contributed by atoms with Crippen molar-refractivity contribution in [1.82, 2.24) is 0 Å². The third kappa shape index (κ3) is 2.53. The Morgan fingerprint density at radius 1 is 1.43 bits per heavy atom. The maximum absolute atomic E-state index is 13.2. The fourth-order valence-electron chi connectivity index (χ4n) is 2.15. The van der Waals surface area contributed by atoms with Crippen molar-refractivity contribution < 1.29 is 37.0 Å². The Morgan fingerprint density at radius 3 is 2.62 bits per heavy atom. The maximum atomic E-state index is 13.2. The summed E-state index contributed by atoms with van der Waals surface area (Å²) >= 11 is 0. The average Bonchev–Trinajstić information content (AvgIpc) is 2.80. The van der Waals surface area contributed by atoms with E-state index in [9.17, 15) is 22.8 Å². The van der Waals surface area contributed by atoms with Crippen molar-refractivity contribution in [1.29, 1.82) is 0 Å². The Balaban J connectivity index is 2.66. The van der Waals surface area contributed by atoms with Crippen molar-refractivity contribution in [3.8, 4) is 0 Å². The molecule has 0 aromatic carbocycles. The summed E-state index contributed by atoms with van der Waals surface area (Å²) in [5.41, 5.74) is -2.33. The number of hydrogen-bond donors (Lipinski definition) is 1. The van der Waals surface area contributed by atoms with Crippen molar-refractivity contribution in [3.63, 3.8) is 0 Å². The van der Waals surface area contributed by atoms with Gasteiger partial charge < -0.3 is 14.3 Å². The lowest BCUT2D eigenvalue weighted by atomic mass is 9.89. The molecule has 1 aliphatic carbocycles. The number of allylic oxidation sites excluding steroid dienone is 1. The van der Waals surface area contributed by atoms with E-state index in [1.165, 1.54) is 6.92 Å². The summed E-state index contributed by atoms with van der Waals surface area (Å²) in [5, 5.41) is 8.89. The molecule has 1 aliphatic rings. The highest BCUT2D eigenvalue weighted by Gasteiger charge is 2.46. The van der Waals surface area contributed by atoms with Gasteiger partial charge in [-0.1, -0.05) is 0 Å². The highest BCUT2D eigenvalue weighted by molar-refractivity contribution is 6.12. The molecular formula is C13H11F3O5. The van der Waals surface area contributed by atoms with Gasteiger partial charge in [0.25, 0.3) is 0 Å². The Bertz CT molecular complexity index is 624. The zero-order valence-electron chi connectivity index (χ0n) is 10.9. The first kappa shape index (κ1) is 15.1. The standard InChI is InChI=1S/C13H11F3O5/c1-2-20-12(19)11-9(13(14,15)16)8-7(21-11)4-3-6(5-17)10(8)18/h5,17H,2-4H2,1H3. The van der Waals surface area contributed by atoms with Crippen LogP contribution in [0, 0.1) is 0 Å². The second-order valence-corrected chi connectivity index (χ2v) is 4.31. The molecule has 0 radical (unpaired) electrons. The van der Waals surface area contributed by atoms with Gasteiger partial charge in [-0.15, -0.1) is 0 Å². The van der Waals surface area contributed by atoms with E-state index in [1.54, 1.807) is 0 Å². The molecule has 0 amide bonds. The van der Waals surface area contributed by atoms with Crippen molar-refractivity contribution in [2.75, 3.05) is 6.61 Å². The van der Waals surface area contributed by atoms with Gasteiger partial charge >= 0.3 is 12.1 Å². The van der Waals surface area contributed by atoms with E-state index < -0.39 is 34.8 Å². The van der Waals surface area contributed by atoms with Crippen LogP contribution in [0.15, 0.2) is 16.3 Å². The van der Waals surface area contributed by atoms with E-state index in [0.717, 1.165) is 0 Å². The van der Waals surface area contributed by atoms with Crippen molar-refractivity contribution in [3.05, 3.63) is 34.5 Å². The molecule has 0 bridgehead atoms. The van der Waals surface area contributed by atoms with E-state index in [0.29, 0.717) is 6.26 Å². The molecular weight excluding hydrogens is 293 g/mol. The summed E-state index contributed by atoms with van der Waals surface area (Å²) in [4.78, 5) is 23.6. The van der Waals surface area contributed by atoms with Crippen molar-refractivity contribution in [2.24, 2.45) is 0 Å². The molecule has 0 unspecified atom stereocenters. The average molecular weight is 304 g/mol. The quantitative estimate of drug-likeness (QED) is 0.516. The monoisotopic (exact) mass is 304 g/mol. The van der Waals surface area contributed by atoms with Gasteiger partial charge in [0, 0.05) is 12.0 Å². The number of aryl methyl sites for hydroxylation is 1. The van der Waals surface area contributed by atoms with Crippen LogP contribution in [0.3, 0.4) is 0 Å². The molecule has 1 aromatic rings. The molecule has 0 fully saturated rings. The van der Waals surface area contributed by atoms with Gasteiger partial charge in [0.1, 0.15) is 11.3 Å². The highest BCUT2D eigenvalue weighted by atomic mass is 19.4. The van der Waals surface area contributed by atoms with E-state index in [2.05, 4.69) is 4.74 Å². The molecule has 0 aliphatic heterocycles. The SMILES string of the molecule is CCOC(=O)c1oc2c(c1C(F)(F)F)C(=O)C(=CO)CC2. The van der Waals surface area contributed by atoms with E-state index in [4.69, 9.17) is 9.52 Å². The van der Waals surface area contributed by atoms with Crippen molar-refractivity contribution in [2.45, 2.75) is 25.9 Å². The van der Waals surface area contributed by atoms with Crippen LogP contribution in [-0.2, 0) is 17.3 Å². The van der Waals surface area contributed by atoms with Gasteiger partial charge in [-0.2, -0.15) is 13.2 Å². The van der Waals surface area contributed by atoms with E-state index in [1.807, 2.05) is 0 Å². The third-order valence-electron chi connectivity index (χ3n) is 3.02. The fraction of sp³-hybridized carbons (Fsp3) is 0.385. The van der Waals surface area contributed by atoms with E-state index >= 15 is 0 Å². The molecule has 1 heterocycles.